The summed E-state index contributed by atoms with van der Waals surface area (Å²) in [7, 11) is 0. The van der Waals surface area contributed by atoms with Crippen LogP contribution < -0.4 is 26.8 Å². The minimum Gasteiger partial charge on any atom is -0.353 e. The number of carbonyl (C=O) groups is 2. The Morgan fingerprint density at radius 1 is 1.22 bits per heavy atom. The van der Waals surface area contributed by atoms with Crippen LogP contribution >= 0.6 is 0 Å². The molecule has 2 amide bonds. The molecule has 2 unspecified atom stereocenters. The SMILES string of the molecule is O=C(CN1CCC(NC2=NC3NNCC3C(=O)N2)CC1)Nc1ccccc1. The summed E-state index contributed by atoms with van der Waals surface area (Å²) in [5.74, 6) is 0.380. The Balaban J connectivity index is 1.22. The second-order valence-corrected chi connectivity index (χ2v) is 7.15. The van der Waals surface area contributed by atoms with Gasteiger partial charge in [-0.2, -0.15) is 0 Å². The van der Waals surface area contributed by atoms with Crippen LogP contribution in [-0.4, -0.2) is 61.1 Å². The molecule has 4 rings (SSSR count). The average Bonchev–Trinajstić information content (AvgIpc) is 3.13. The second-order valence-electron chi connectivity index (χ2n) is 7.15. The monoisotopic (exact) mass is 371 g/mol. The van der Waals surface area contributed by atoms with Gasteiger partial charge in [-0.25, -0.2) is 10.4 Å². The van der Waals surface area contributed by atoms with Gasteiger partial charge in [0.05, 0.1) is 12.5 Å². The zero-order valence-corrected chi connectivity index (χ0v) is 15.1. The van der Waals surface area contributed by atoms with E-state index < -0.39 is 0 Å². The molecule has 5 N–H and O–H groups in total. The first-order valence-electron chi connectivity index (χ1n) is 9.38. The number of carbonyl (C=O) groups excluding carboxylic acids is 2. The molecule has 1 aromatic rings. The molecule has 2 fully saturated rings. The zero-order chi connectivity index (χ0) is 18.6. The van der Waals surface area contributed by atoms with Crippen molar-refractivity contribution in [3.8, 4) is 0 Å². The van der Waals surface area contributed by atoms with E-state index in [-0.39, 0.29) is 29.9 Å². The lowest BCUT2D eigenvalue weighted by Crippen LogP contribution is -2.56. The van der Waals surface area contributed by atoms with Gasteiger partial charge in [0.2, 0.25) is 11.8 Å². The summed E-state index contributed by atoms with van der Waals surface area (Å²) in [5.41, 5.74) is 6.80. The highest BCUT2D eigenvalue weighted by atomic mass is 16.2. The van der Waals surface area contributed by atoms with Gasteiger partial charge in [0.1, 0.15) is 6.17 Å². The third-order valence-corrected chi connectivity index (χ3v) is 5.15. The Kier molecular flexibility index (Phi) is 5.33. The predicted octanol–water partition coefficient (Wildman–Crippen LogP) is -0.785. The first kappa shape index (κ1) is 17.9. The van der Waals surface area contributed by atoms with Crippen LogP contribution in [0.25, 0.3) is 0 Å². The lowest BCUT2D eigenvalue weighted by Gasteiger charge is -2.33. The van der Waals surface area contributed by atoms with Crippen molar-refractivity contribution in [1.82, 2.24) is 26.4 Å². The fourth-order valence-electron chi connectivity index (χ4n) is 3.65. The van der Waals surface area contributed by atoms with Crippen LogP contribution in [0.4, 0.5) is 5.69 Å². The van der Waals surface area contributed by atoms with Gasteiger partial charge in [-0.05, 0) is 25.0 Å². The lowest BCUT2D eigenvalue weighted by molar-refractivity contribution is -0.124. The number of hydrogen-bond acceptors (Lipinski definition) is 7. The Morgan fingerprint density at radius 3 is 2.78 bits per heavy atom. The highest BCUT2D eigenvalue weighted by Crippen LogP contribution is 2.15. The fourth-order valence-corrected chi connectivity index (χ4v) is 3.65. The van der Waals surface area contributed by atoms with Crippen LogP contribution in [0, 0.1) is 5.92 Å². The molecule has 2 saturated heterocycles. The maximum Gasteiger partial charge on any atom is 0.238 e. The van der Waals surface area contributed by atoms with Gasteiger partial charge in [-0.3, -0.25) is 25.2 Å². The Bertz CT molecular complexity index is 716. The topological polar surface area (TPSA) is 110 Å². The number of benzene rings is 1. The van der Waals surface area contributed by atoms with Crippen LogP contribution in [0.15, 0.2) is 35.3 Å². The van der Waals surface area contributed by atoms with Gasteiger partial charge in [0.25, 0.3) is 0 Å². The van der Waals surface area contributed by atoms with E-state index in [4.69, 9.17) is 0 Å². The van der Waals surface area contributed by atoms with E-state index in [2.05, 4.69) is 36.7 Å². The molecular formula is C18H25N7O2. The highest BCUT2D eigenvalue weighted by Gasteiger charge is 2.37. The van der Waals surface area contributed by atoms with Crippen molar-refractivity contribution >= 4 is 23.5 Å². The molecule has 0 radical (unpaired) electrons. The lowest BCUT2D eigenvalue weighted by atomic mass is 10.0. The van der Waals surface area contributed by atoms with Crippen molar-refractivity contribution < 1.29 is 9.59 Å². The fraction of sp³-hybridized carbons (Fsp3) is 0.500. The standard InChI is InChI=1S/C18H25N7O2/c26-15(20-12-4-2-1-3-5-12)11-25-8-6-13(7-9-25)21-18-22-16-14(10-19-24-16)17(27)23-18/h1-5,13-14,16,19,24H,6-11H2,(H,20,26)(H2,21,22,23,27). The number of hydrazine groups is 1. The molecule has 0 saturated carbocycles. The van der Waals surface area contributed by atoms with E-state index in [0.717, 1.165) is 31.6 Å². The first-order valence-corrected chi connectivity index (χ1v) is 9.38. The quantitative estimate of drug-likeness (QED) is 0.475. The van der Waals surface area contributed by atoms with Crippen molar-refractivity contribution in [1.29, 1.82) is 0 Å². The van der Waals surface area contributed by atoms with Crippen molar-refractivity contribution in [3.05, 3.63) is 30.3 Å². The molecule has 2 atom stereocenters. The molecular weight excluding hydrogens is 346 g/mol. The summed E-state index contributed by atoms with van der Waals surface area (Å²) >= 11 is 0. The molecule has 3 heterocycles. The van der Waals surface area contributed by atoms with E-state index in [9.17, 15) is 9.59 Å². The van der Waals surface area contributed by atoms with Crippen LogP contribution in [0.3, 0.4) is 0 Å². The molecule has 0 bridgehead atoms. The predicted molar refractivity (Wildman–Crippen MR) is 102 cm³/mol. The number of rotatable bonds is 4. The Morgan fingerprint density at radius 2 is 2.00 bits per heavy atom. The van der Waals surface area contributed by atoms with Gasteiger partial charge >= 0.3 is 0 Å². The van der Waals surface area contributed by atoms with E-state index in [0.29, 0.717) is 19.0 Å². The van der Waals surface area contributed by atoms with Gasteiger partial charge in [-0.1, -0.05) is 18.2 Å². The first-order chi connectivity index (χ1) is 13.2. The second kappa shape index (κ2) is 8.03. The van der Waals surface area contributed by atoms with Gasteiger partial charge in [-0.15, -0.1) is 0 Å². The third-order valence-electron chi connectivity index (χ3n) is 5.15. The maximum atomic E-state index is 12.2. The molecule has 3 aliphatic rings. The van der Waals surface area contributed by atoms with Crippen LogP contribution in [0.2, 0.25) is 0 Å². The van der Waals surface area contributed by atoms with Crippen LogP contribution in [-0.2, 0) is 9.59 Å². The summed E-state index contributed by atoms with van der Waals surface area (Å²) in [6, 6.07) is 9.73. The normalized spacial score (nSPS) is 26.1. The molecule has 0 aliphatic carbocycles. The number of para-hydroxylation sites is 1. The highest BCUT2D eigenvalue weighted by molar-refractivity contribution is 6.00. The van der Waals surface area contributed by atoms with Crippen molar-refractivity contribution in [2.45, 2.75) is 25.0 Å². The Labute approximate surface area is 157 Å². The molecule has 27 heavy (non-hydrogen) atoms. The summed E-state index contributed by atoms with van der Waals surface area (Å²) < 4.78 is 0. The van der Waals surface area contributed by atoms with E-state index in [1.807, 2.05) is 30.3 Å². The number of anilines is 1. The Hall–Kier alpha value is -2.49. The minimum atomic E-state index is -0.206. The van der Waals surface area contributed by atoms with E-state index >= 15 is 0 Å². The summed E-state index contributed by atoms with van der Waals surface area (Å²) in [6.07, 6.45) is 1.59. The number of hydrogen-bond donors (Lipinski definition) is 5. The van der Waals surface area contributed by atoms with Gasteiger partial charge < -0.3 is 10.6 Å². The van der Waals surface area contributed by atoms with Crippen molar-refractivity contribution in [2.24, 2.45) is 10.9 Å². The summed E-state index contributed by atoms with van der Waals surface area (Å²) in [4.78, 5) is 30.9. The molecule has 1 aromatic carbocycles. The number of guanidine groups is 1. The summed E-state index contributed by atoms with van der Waals surface area (Å²) in [6.45, 7) is 2.63. The van der Waals surface area contributed by atoms with Crippen LogP contribution in [0.1, 0.15) is 12.8 Å². The maximum absolute atomic E-state index is 12.2. The van der Waals surface area contributed by atoms with E-state index in [1.54, 1.807) is 0 Å². The number of likely N-dealkylation sites (tertiary alicyclic amines) is 1. The number of nitrogens with zero attached hydrogens (tertiary/aromatic N) is 2. The van der Waals surface area contributed by atoms with Crippen molar-refractivity contribution in [2.75, 3.05) is 31.5 Å². The molecule has 9 heteroatoms. The molecule has 3 aliphatic heterocycles. The number of nitrogens with one attached hydrogen (secondary N) is 5. The average molecular weight is 371 g/mol. The van der Waals surface area contributed by atoms with Crippen LogP contribution in [0.5, 0.6) is 0 Å². The number of amides is 2. The molecule has 0 aromatic heterocycles. The van der Waals surface area contributed by atoms with Gasteiger partial charge in [0, 0.05) is 31.4 Å². The third kappa shape index (κ3) is 4.44. The zero-order valence-electron chi connectivity index (χ0n) is 15.1. The van der Waals surface area contributed by atoms with E-state index in [1.165, 1.54) is 0 Å². The number of piperidine rings is 1. The number of fused-ring (bicyclic) bond motifs is 1. The number of aliphatic imine (C=N–C) groups is 1. The molecule has 9 nitrogen and oxygen atoms in total. The minimum absolute atomic E-state index is 0.00220. The summed E-state index contributed by atoms with van der Waals surface area (Å²) in [5, 5.41) is 9.10. The molecule has 144 valence electrons. The molecule has 0 spiro atoms. The smallest absolute Gasteiger partial charge is 0.238 e. The largest absolute Gasteiger partial charge is 0.353 e. The van der Waals surface area contributed by atoms with Crippen molar-refractivity contribution in [3.63, 3.8) is 0 Å². The van der Waals surface area contributed by atoms with Gasteiger partial charge in [0.15, 0.2) is 5.96 Å².